The van der Waals surface area contributed by atoms with E-state index in [1.165, 1.54) is 0 Å². The Morgan fingerprint density at radius 2 is 1.14 bits per heavy atom. The van der Waals surface area contributed by atoms with Crippen LogP contribution in [0.5, 0.6) is 0 Å². The SMILES string of the molecule is O=S(=O)([O-])[O-].[Li+].[Ni+2]. The molecule has 0 N–H and O–H groups in total. The van der Waals surface area contributed by atoms with Crippen molar-refractivity contribution in [2.45, 2.75) is 0 Å². The van der Waals surface area contributed by atoms with E-state index >= 15 is 0 Å². The summed E-state index contributed by atoms with van der Waals surface area (Å²) in [6.07, 6.45) is 0. The first-order chi connectivity index (χ1) is 2.00. The van der Waals surface area contributed by atoms with Crippen molar-refractivity contribution < 1.29 is 52.9 Å². The summed E-state index contributed by atoms with van der Waals surface area (Å²) in [6, 6.07) is 0. The van der Waals surface area contributed by atoms with Crippen LogP contribution in [0.3, 0.4) is 0 Å². The van der Waals surface area contributed by atoms with Crippen molar-refractivity contribution >= 4 is 10.4 Å². The summed E-state index contributed by atoms with van der Waals surface area (Å²) in [5, 5.41) is 0. The zero-order valence-electron chi connectivity index (χ0n) is 3.36. The fourth-order valence-corrected chi connectivity index (χ4v) is 0. The van der Waals surface area contributed by atoms with E-state index in [0.717, 1.165) is 0 Å². The molecule has 0 bridgehead atoms. The third-order valence-electron chi connectivity index (χ3n) is 0. The topological polar surface area (TPSA) is 80.3 Å². The molecular weight excluding hydrogens is 162 g/mol. The minimum Gasteiger partial charge on any atom is -0.759 e. The smallest absolute Gasteiger partial charge is 0.759 e. The maximum atomic E-state index is 8.52. The minimum absolute atomic E-state index is 0. The quantitative estimate of drug-likeness (QED) is 0.205. The zero-order valence-corrected chi connectivity index (χ0v) is 5.16. The first kappa shape index (κ1) is 15.7. The molecule has 0 aliphatic heterocycles. The molecule has 0 unspecified atom stereocenters. The normalized spacial score (nSPS) is 8.29. The van der Waals surface area contributed by atoms with Gasteiger partial charge in [-0.05, 0) is 0 Å². The van der Waals surface area contributed by atoms with Crippen LogP contribution >= 0.6 is 0 Å². The molecule has 0 fully saturated rings. The summed E-state index contributed by atoms with van der Waals surface area (Å²) in [6.45, 7) is 0. The Balaban J connectivity index is -0.0000000800. The van der Waals surface area contributed by atoms with Gasteiger partial charge in [0.05, 0.1) is 0 Å². The van der Waals surface area contributed by atoms with E-state index in [1.54, 1.807) is 0 Å². The average Bonchev–Trinajstić information content (AvgIpc) is 0.722. The molecule has 0 atom stereocenters. The Bertz CT molecular complexity index is 94.9. The molecular formula is LiNiO4S+. The Morgan fingerprint density at radius 1 is 1.14 bits per heavy atom. The summed E-state index contributed by atoms with van der Waals surface area (Å²) in [4.78, 5) is 0. The molecule has 4 nitrogen and oxygen atoms in total. The van der Waals surface area contributed by atoms with E-state index in [1.807, 2.05) is 0 Å². The molecule has 0 saturated carbocycles. The molecule has 0 aromatic carbocycles. The molecule has 0 radical (unpaired) electrons. The van der Waals surface area contributed by atoms with Crippen molar-refractivity contribution in [1.82, 2.24) is 0 Å². The van der Waals surface area contributed by atoms with Crippen molar-refractivity contribution in [3.8, 4) is 0 Å². The second-order valence-corrected chi connectivity index (χ2v) is 1.22. The van der Waals surface area contributed by atoms with E-state index < -0.39 is 10.4 Å². The molecule has 0 saturated heterocycles. The van der Waals surface area contributed by atoms with Gasteiger partial charge in [-0.15, -0.1) is 0 Å². The van der Waals surface area contributed by atoms with Crippen LogP contribution < -0.4 is 18.9 Å². The predicted molar refractivity (Wildman–Crippen MR) is 10.5 cm³/mol. The molecule has 40 valence electrons. The van der Waals surface area contributed by atoms with E-state index in [-0.39, 0.29) is 35.4 Å². The van der Waals surface area contributed by atoms with Crippen LogP contribution in [0.2, 0.25) is 0 Å². The molecule has 0 aliphatic carbocycles. The van der Waals surface area contributed by atoms with Gasteiger partial charge in [0.25, 0.3) is 0 Å². The number of rotatable bonds is 0. The van der Waals surface area contributed by atoms with Crippen molar-refractivity contribution in [3.63, 3.8) is 0 Å². The van der Waals surface area contributed by atoms with Crippen molar-refractivity contribution in [3.05, 3.63) is 0 Å². The molecule has 7 heavy (non-hydrogen) atoms. The molecule has 0 amide bonds. The fourth-order valence-electron chi connectivity index (χ4n) is 0. The molecule has 0 spiro atoms. The molecule has 0 aromatic rings. The van der Waals surface area contributed by atoms with E-state index in [9.17, 15) is 0 Å². The number of hydrogen-bond acceptors (Lipinski definition) is 4. The maximum Gasteiger partial charge on any atom is 2.00 e. The molecule has 0 heterocycles. The minimum atomic E-state index is -5.17. The predicted octanol–water partition coefficient (Wildman–Crippen LogP) is -4.34. The molecule has 7 heteroatoms. The molecule has 0 aromatic heterocycles. The van der Waals surface area contributed by atoms with Crippen LogP contribution in [0.4, 0.5) is 0 Å². The largest absolute Gasteiger partial charge is 2.00 e. The van der Waals surface area contributed by atoms with Gasteiger partial charge in [-0.25, -0.2) is 0 Å². The van der Waals surface area contributed by atoms with Crippen LogP contribution in [-0.2, 0) is 26.9 Å². The van der Waals surface area contributed by atoms with Crippen LogP contribution in [0.25, 0.3) is 0 Å². The Hall–Kier alpha value is 0.961. The first-order valence-electron chi connectivity index (χ1n) is 0.667. The molecule has 0 rings (SSSR count). The average molecular weight is 162 g/mol. The van der Waals surface area contributed by atoms with Crippen LogP contribution in [0.1, 0.15) is 0 Å². The van der Waals surface area contributed by atoms with Gasteiger partial charge < -0.3 is 9.11 Å². The van der Waals surface area contributed by atoms with E-state index in [0.29, 0.717) is 0 Å². The van der Waals surface area contributed by atoms with Gasteiger partial charge >= 0.3 is 35.4 Å². The van der Waals surface area contributed by atoms with Crippen LogP contribution in [-0.4, -0.2) is 17.5 Å². The van der Waals surface area contributed by atoms with Crippen molar-refractivity contribution in [2.24, 2.45) is 0 Å². The second kappa shape index (κ2) is 5.10. The van der Waals surface area contributed by atoms with E-state index in [4.69, 9.17) is 17.5 Å². The third-order valence-corrected chi connectivity index (χ3v) is 0. The fraction of sp³-hybridized carbons (Fsp3) is 0. The summed E-state index contributed by atoms with van der Waals surface area (Å²) in [7, 11) is -5.17. The van der Waals surface area contributed by atoms with Gasteiger partial charge in [-0.2, -0.15) is 0 Å². The standard InChI is InChI=1S/Li.Ni.H2O4S/c;;1-5(2,3)4/h;;(H2,1,2,3,4)/q+1;+2;/p-2. The summed E-state index contributed by atoms with van der Waals surface area (Å²) < 4.78 is 34.1. The first-order valence-corrected chi connectivity index (χ1v) is 2.00. The Morgan fingerprint density at radius 3 is 1.14 bits per heavy atom. The third kappa shape index (κ3) is 186. The van der Waals surface area contributed by atoms with Crippen molar-refractivity contribution in [1.29, 1.82) is 0 Å². The monoisotopic (exact) mass is 161 g/mol. The van der Waals surface area contributed by atoms with Gasteiger partial charge in [0.1, 0.15) is 0 Å². The van der Waals surface area contributed by atoms with Crippen LogP contribution in [0.15, 0.2) is 0 Å². The van der Waals surface area contributed by atoms with Gasteiger partial charge in [0.15, 0.2) is 0 Å². The summed E-state index contributed by atoms with van der Waals surface area (Å²) in [5.41, 5.74) is 0. The Kier molecular flexibility index (Phi) is 11.4. The summed E-state index contributed by atoms with van der Waals surface area (Å²) >= 11 is 0. The van der Waals surface area contributed by atoms with Gasteiger partial charge in [0, 0.05) is 10.4 Å². The van der Waals surface area contributed by atoms with Crippen LogP contribution in [0, 0.1) is 0 Å². The van der Waals surface area contributed by atoms with Gasteiger partial charge in [-0.3, -0.25) is 8.42 Å². The summed E-state index contributed by atoms with van der Waals surface area (Å²) in [5.74, 6) is 0. The molecule has 0 aliphatic rings. The zero-order chi connectivity index (χ0) is 4.50. The van der Waals surface area contributed by atoms with E-state index in [2.05, 4.69) is 0 Å². The van der Waals surface area contributed by atoms with Gasteiger partial charge in [0.2, 0.25) is 0 Å². The second-order valence-electron chi connectivity index (χ2n) is 0.408. The van der Waals surface area contributed by atoms with Crippen molar-refractivity contribution in [2.75, 3.05) is 0 Å². The number of hydrogen-bond donors (Lipinski definition) is 0. The Labute approximate surface area is 63.4 Å². The van der Waals surface area contributed by atoms with Gasteiger partial charge in [-0.1, -0.05) is 0 Å². The maximum absolute atomic E-state index is 8.52.